The molecule has 1 heterocycles. The Labute approximate surface area is 108 Å². The van der Waals surface area contributed by atoms with E-state index in [1.165, 1.54) is 4.90 Å². The summed E-state index contributed by atoms with van der Waals surface area (Å²) in [6, 6.07) is -0.360. The molecule has 2 unspecified atom stereocenters. The zero-order valence-corrected chi connectivity index (χ0v) is 11.3. The van der Waals surface area contributed by atoms with Crippen molar-refractivity contribution in [1.29, 1.82) is 0 Å². The first kappa shape index (κ1) is 14.9. The third-order valence-electron chi connectivity index (χ3n) is 3.04. The van der Waals surface area contributed by atoms with Crippen LogP contribution in [0.15, 0.2) is 0 Å². The summed E-state index contributed by atoms with van der Waals surface area (Å²) in [7, 11) is 3.35. The molecule has 1 rings (SSSR count). The van der Waals surface area contributed by atoms with Gasteiger partial charge >= 0.3 is 0 Å². The van der Waals surface area contributed by atoms with E-state index in [4.69, 9.17) is 0 Å². The van der Waals surface area contributed by atoms with Crippen molar-refractivity contribution < 1.29 is 14.7 Å². The lowest BCUT2D eigenvalue weighted by atomic mass is 10.1. The van der Waals surface area contributed by atoms with Gasteiger partial charge in [-0.25, -0.2) is 0 Å². The first-order valence-corrected chi connectivity index (χ1v) is 6.36. The number of amides is 2. The predicted molar refractivity (Wildman–Crippen MR) is 68.0 cm³/mol. The summed E-state index contributed by atoms with van der Waals surface area (Å²) in [5, 5.41) is 12.4. The third-order valence-corrected chi connectivity index (χ3v) is 3.04. The van der Waals surface area contributed by atoms with Crippen LogP contribution in [-0.4, -0.2) is 72.6 Å². The van der Waals surface area contributed by atoms with Crippen molar-refractivity contribution in [2.45, 2.75) is 31.9 Å². The summed E-state index contributed by atoms with van der Waals surface area (Å²) in [5.74, 6) is -0.182. The highest BCUT2D eigenvalue weighted by Gasteiger charge is 2.31. The first-order chi connectivity index (χ1) is 8.45. The number of rotatable bonds is 5. The van der Waals surface area contributed by atoms with Gasteiger partial charge in [0.25, 0.3) is 0 Å². The van der Waals surface area contributed by atoms with Crippen LogP contribution in [0.3, 0.4) is 0 Å². The number of likely N-dealkylation sites (N-methyl/N-ethyl adjacent to an activating group) is 1. The summed E-state index contributed by atoms with van der Waals surface area (Å²) < 4.78 is 0. The maximum Gasteiger partial charge on any atom is 0.241 e. The molecule has 0 aromatic heterocycles. The van der Waals surface area contributed by atoms with Gasteiger partial charge in [-0.15, -0.1) is 0 Å². The highest BCUT2D eigenvalue weighted by atomic mass is 16.3. The normalized spacial score (nSPS) is 22.9. The van der Waals surface area contributed by atoms with Crippen molar-refractivity contribution in [2.75, 3.05) is 33.7 Å². The molecule has 2 N–H and O–H groups in total. The van der Waals surface area contributed by atoms with Gasteiger partial charge in [0.15, 0.2) is 0 Å². The van der Waals surface area contributed by atoms with Crippen LogP contribution in [0.4, 0.5) is 0 Å². The molecule has 6 heteroatoms. The van der Waals surface area contributed by atoms with E-state index in [0.29, 0.717) is 19.5 Å². The topological polar surface area (TPSA) is 72.9 Å². The molecule has 6 nitrogen and oxygen atoms in total. The van der Waals surface area contributed by atoms with E-state index in [1.54, 1.807) is 19.0 Å². The van der Waals surface area contributed by atoms with Gasteiger partial charge < -0.3 is 20.2 Å². The minimum atomic E-state index is -0.466. The third kappa shape index (κ3) is 3.96. The maximum atomic E-state index is 12.2. The van der Waals surface area contributed by atoms with Gasteiger partial charge in [0.05, 0.1) is 18.7 Å². The van der Waals surface area contributed by atoms with E-state index in [2.05, 4.69) is 5.32 Å². The highest BCUT2D eigenvalue weighted by Crippen LogP contribution is 2.10. The Balaban J connectivity index is 2.60. The number of aliphatic hydroxyl groups excluding tert-OH is 1. The number of carbonyl (C=O) groups excluding carboxylic acids is 2. The average molecular weight is 257 g/mol. The molecule has 2 atom stereocenters. The lowest BCUT2D eigenvalue weighted by Crippen LogP contribution is -2.47. The molecular formula is C12H23N3O3. The van der Waals surface area contributed by atoms with Crippen molar-refractivity contribution in [3.05, 3.63) is 0 Å². The van der Waals surface area contributed by atoms with E-state index in [-0.39, 0.29) is 24.4 Å². The Morgan fingerprint density at radius 2 is 2.06 bits per heavy atom. The van der Waals surface area contributed by atoms with Crippen LogP contribution in [0.5, 0.6) is 0 Å². The fourth-order valence-electron chi connectivity index (χ4n) is 1.97. The molecule has 1 saturated heterocycles. The smallest absolute Gasteiger partial charge is 0.241 e. The van der Waals surface area contributed by atoms with Gasteiger partial charge in [-0.2, -0.15) is 0 Å². The monoisotopic (exact) mass is 257 g/mol. The summed E-state index contributed by atoms with van der Waals surface area (Å²) in [4.78, 5) is 26.9. The number of nitrogens with one attached hydrogen (secondary N) is 1. The number of β-amino-alcohol motifs (C(OH)–C–C–N with tert-alkyl or cyclic N) is 1. The van der Waals surface area contributed by atoms with Gasteiger partial charge in [0, 0.05) is 27.2 Å². The van der Waals surface area contributed by atoms with Crippen LogP contribution in [0, 0.1) is 0 Å². The number of carbonyl (C=O) groups is 2. The van der Waals surface area contributed by atoms with Gasteiger partial charge in [-0.05, 0) is 12.8 Å². The summed E-state index contributed by atoms with van der Waals surface area (Å²) in [5.41, 5.74) is 0. The molecule has 1 aliphatic rings. The number of nitrogens with zero attached hydrogens (tertiary/aromatic N) is 2. The maximum absolute atomic E-state index is 12.2. The molecule has 2 amide bonds. The Morgan fingerprint density at radius 1 is 1.39 bits per heavy atom. The average Bonchev–Trinajstić information content (AvgIpc) is 2.74. The Bertz CT molecular complexity index is 307. The second-order valence-corrected chi connectivity index (χ2v) is 4.90. The fraction of sp³-hybridized carbons (Fsp3) is 0.833. The van der Waals surface area contributed by atoms with Crippen LogP contribution in [0.25, 0.3) is 0 Å². The zero-order valence-electron chi connectivity index (χ0n) is 11.3. The molecule has 0 radical (unpaired) electrons. The van der Waals surface area contributed by atoms with Crippen LogP contribution in [0.2, 0.25) is 0 Å². The number of hydrogen-bond donors (Lipinski definition) is 2. The molecule has 0 saturated carbocycles. The van der Waals surface area contributed by atoms with Crippen molar-refractivity contribution in [2.24, 2.45) is 0 Å². The van der Waals surface area contributed by atoms with Crippen LogP contribution < -0.4 is 5.32 Å². The minimum absolute atomic E-state index is 0.0876. The van der Waals surface area contributed by atoms with Gasteiger partial charge in [-0.3, -0.25) is 9.59 Å². The van der Waals surface area contributed by atoms with Crippen molar-refractivity contribution in [3.63, 3.8) is 0 Å². The SMILES string of the molecule is CCCN(CC(=O)N(C)C)C(=O)C1CC(O)CN1. The molecule has 0 spiro atoms. The van der Waals surface area contributed by atoms with E-state index < -0.39 is 6.10 Å². The van der Waals surface area contributed by atoms with Crippen molar-refractivity contribution in [3.8, 4) is 0 Å². The lowest BCUT2D eigenvalue weighted by Gasteiger charge is -2.26. The lowest BCUT2D eigenvalue weighted by molar-refractivity contribution is -0.140. The minimum Gasteiger partial charge on any atom is -0.392 e. The molecule has 0 aromatic rings. The van der Waals surface area contributed by atoms with E-state index >= 15 is 0 Å². The molecule has 1 fully saturated rings. The zero-order chi connectivity index (χ0) is 13.7. The molecule has 104 valence electrons. The second kappa shape index (κ2) is 6.70. The molecule has 0 aliphatic carbocycles. The number of hydrogen-bond acceptors (Lipinski definition) is 4. The highest BCUT2D eigenvalue weighted by molar-refractivity contribution is 5.87. The largest absolute Gasteiger partial charge is 0.392 e. The fourth-order valence-corrected chi connectivity index (χ4v) is 1.97. The Kier molecular flexibility index (Phi) is 5.55. The van der Waals surface area contributed by atoms with E-state index in [9.17, 15) is 14.7 Å². The molecule has 1 aliphatic heterocycles. The molecule has 18 heavy (non-hydrogen) atoms. The van der Waals surface area contributed by atoms with E-state index in [1.807, 2.05) is 6.92 Å². The van der Waals surface area contributed by atoms with Gasteiger partial charge in [0.1, 0.15) is 0 Å². The van der Waals surface area contributed by atoms with Crippen LogP contribution in [0.1, 0.15) is 19.8 Å². The molecule has 0 aromatic carbocycles. The summed E-state index contributed by atoms with van der Waals surface area (Å²) in [6.45, 7) is 3.08. The standard InChI is InChI=1S/C12H23N3O3/c1-4-5-15(8-11(17)14(2)3)12(18)10-6-9(16)7-13-10/h9-10,13,16H,4-8H2,1-3H3. The Morgan fingerprint density at radius 3 is 2.50 bits per heavy atom. The van der Waals surface area contributed by atoms with Crippen LogP contribution in [-0.2, 0) is 9.59 Å². The number of aliphatic hydroxyl groups is 1. The van der Waals surface area contributed by atoms with Crippen molar-refractivity contribution in [1.82, 2.24) is 15.1 Å². The first-order valence-electron chi connectivity index (χ1n) is 6.36. The van der Waals surface area contributed by atoms with E-state index in [0.717, 1.165) is 6.42 Å². The predicted octanol–water partition coefficient (Wildman–Crippen LogP) is -0.964. The van der Waals surface area contributed by atoms with Gasteiger partial charge in [0.2, 0.25) is 11.8 Å². The molecule has 0 bridgehead atoms. The Hall–Kier alpha value is -1.14. The summed E-state index contributed by atoms with van der Waals surface area (Å²) in [6.07, 6.45) is 0.767. The van der Waals surface area contributed by atoms with Gasteiger partial charge in [-0.1, -0.05) is 6.92 Å². The van der Waals surface area contributed by atoms with Crippen LogP contribution >= 0.6 is 0 Å². The molecular weight excluding hydrogens is 234 g/mol. The second-order valence-electron chi connectivity index (χ2n) is 4.90. The quantitative estimate of drug-likeness (QED) is 0.665. The summed E-state index contributed by atoms with van der Waals surface area (Å²) >= 11 is 0. The van der Waals surface area contributed by atoms with Crippen molar-refractivity contribution >= 4 is 11.8 Å².